The fraction of sp³-hybridized carbons (Fsp3) is 0.250. The highest BCUT2D eigenvalue weighted by atomic mass is 32.2. The van der Waals surface area contributed by atoms with E-state index in [0.717, 1.165) is 29.1 Å². The van der Waals surface area contributed by atoms with Crippen LogP contribution >= 0.6 is 11.8 Å². The van der Waals surface area contributed by atoms with Crippen LogP contribution in [-0.2, 0) is 17.8 Å². The maximum Gasteiger partial charge on any atom is 0.234 e. The maximum absolute atomic E-state index is 12.4. The third-order valence-electron chi connectivity index (χ3n) is 4.16. The summed E-state index contributed by atoms with van der Waals surface area (Å²) >= 11 is 1.36. The molecule has 3 rings (SSSR count). The molecule has 140 valence electrons. The Hall–Kier alpha value is -2.80. The zero-order chi connectivity index (χ0) is 19.2. The Morgan fingerprint density at radius 1 is 1.11 bits per heavy atom. The molecule has 0 saturated carbocycles. The Morgan fingerprint density at radius 3 is 2.56 bits per heavy atom. The summed E-state index contributed by atoms with van der Waals surface area (Å²) in [4.78, 5) is 12.4. The van der Waals surface area contributed by atoms with Crippen molar-refractivity contribution in [1.29, 1.82) is 0 Å². The molecule has 0 unspecified atom stereocenters. The Balaban J connectivity index is 1.69. The molecule has 0 fully saturated rings. The lowest BCUT2D eigenvalue weighted by molar-refractivity contribution is -0.113. The molecule has 6 nitrogen and oxygen atoms in total. The molecular formula is C20H22N4O2S. The van der Waals surface area contributed by atoms with Crippen LogP contribution in [0.15, 0.2) is 53.7 Å². The van der Waals surface area contributed by atoms with Crippen LogP contribution in [0.2, 0.25) is 0 Å². The number of carbonyl (C=O) groups is 1. The van der Waals surface area contributed by atoms with Crippen molar-refractivity contribution >= 4 is 23.4 Å². The van der Waals surface area contributed by atoms with Gasteiger partial charge in [-0.1, -0.05) is 36.9 Å². The summed E-state index contributed by atoms with van der Waals surface area (Å²) in [7, 11) is 0. The summed E-state index contributed by atoms with van der Waals surface area (Å²) in [6.07, 6.45) is 0.865. The predicted molar refractivity (Wildman–Crippen MR) is 108 cm³/mol. The van der Waals surface area contributed by atoms with Gasteiger partial charge in [0.1, 0.15) is 5.75 Å². The highest BCUT2D eigenvalue weighted by molar-refractivity contribution is 7.99. The van der Waals surface area contributed by atoms with Crippen molar-refractivity contribution in [1.82, 2.24) is 14.8 Å². The van der Waals surface area contributed by atoms with E-state index in [9.17, 15) is 9.90 Å². The van der Waals surface area contributed by atoms with E-state index in [-0.39, 0.29) is 17.4 Å². The minimum absolute atomic E-state index is 0.0715. The zero-order valence-corrected chi connectivity index (χ0v) is 16.2. The van der Waals surface area contributed by atoms with Gasteiger partial charge < -0.3 is 15.0 Å². The number of nitrogens with zero attached hydrogens (tertiary/aromatic N) is 3. The number of nitrogens with one attached hydrogen (secondary N) is 1. The molecule has 7 heteroatoms. The van der Waals surface area contributed by atoms with E-state index >= 15 is 0 Å². The minimum atomic E-state index is -0.0715. The highest BCUT2D eigenvalue weighted by Gasteiger charge is 2.15. The lowest BCUT2D eigenvalue weighted by Gasteiger charge is -2.10. The van der Waals surface area contributed by atoms with Gasteiger partial charge in [0.15, 0.2) is 11.0 Å². The van der Waals surface area contributed by atoms with Crippen molar-refractivity contribution in [3.63, 3.8) is 0 Å². The summed E-state index contributed by atoms with van der Waals surface area (Å²) in [6.45, 7) is 4.76. The molecule has 0 saturated heterocycles. The molecule has 0 aliphatic rings. The SMILES string of the molecule is CCc1ccccc1NC(=O)CSc1nnc(-c2ccc(O)cc2)n1CC. The fourth-order valence-electron chi connectivity index (χ4n) is 2.77. The monoisotopic (exact) mass is 382 g/mol. The Morgan fingerprint density at radius 2 is 1.85 bits per heavy atom. The number of rotatable bonds is 7. The molecule has 0 bridgehead atoms. The van der Waals surface area contributed by atoms with Crippen LogP contribution in [0.1, 0.15) is 19.4 Å². The number of amides is 1. The number of carbonyl (C=O) groups excluding carboxylic acids is 1. The molecule has 0 aliphatic carbocycles. The molecule has 1 amide bonds. The van der Waals surface area contributed by atoms with Gasteiger partial charge >= 0.3 is 0 Å². The van der Waals surface area contributed by atoms with Crippen LogP contribution in [0.4, 0.5) is 5.69 Å². The number of thioether (sulfide) groups is 1. The van der Waals surface area contributed by atoms with Crippen LogP contribution in [0.5, 0.6) is 5.75 Å². The third kappa shape index (κ3) is 4.49. The van der Waals surface area contributed by atoms with E-state index in [4.69, 9.17) is 0 Å². The second kappa shape index (κ2) is 8.73. The van der Waals surface area contributed by atoms with Crippen LogP contribution in [-0.4, -0.2) is 31.5 Å². The van der Waals surface area contributed by atoms with Gasteiger partial charge in [0.2, 0.25) is 5.91 Å². The molecule has 1 heterocycles. The lowest BCUT2D eigenvalue weighted by atomic mass is 10.1. The van der Waals surface area contributed by atoms with Gasteiger partial charge in [-0.25, -0.2) is 0 Å². The Bertz CT molecular complexity index is 922. The van der Waals surface area contributed by atoms with Crippen molar-refractivity contribution in [2.45, 2.75) is 32.0 Å². The van der Waals surface area contributed by atoms with Gasteiger partial charge in [0.05, 0.1) is 5.75 Å². The number of para-hydroxylation sites is 1. The van der Waals surface area contributed by atoms with Gasteiger partial charge in [-0.2, -0.15) is 0 Å². The summed E-state index contributed by atoms with van der Waals surface area (Å²) in [5.74, 6) is 1.11. The van der Waals surface area contributed by atoms with E-state index in [1.165, 1.54) is 11.8 Å². The Labute approximate surface area is 162 Å². The summed E-state index contributed by atoms with van der Waals surface area (Å²) in [5.41, 5.74) is 2.84. The second-order valence-electron chi connectivity index (χ2n) is 5.94. The first-order valence-electron chi connectivity index (χ1n) is 8.85. The van der Waals surface area contributed by atoms with Crippen LogP contribution in [0, 0.1) is 0 Å². The summed E-state index contributed by atoms with van der Waals surface area (Å²) < 4.78 is 1.96. The largest absolute Gasteiger partial charge is 0.508 e. The molecule has 0 radical (unpaired) electrons. The van der Waals surface area contributed by atoms with Gasteiger partial charge in [-0.3, -0.25) is 4.79 Å². The van der Waals surface area contributed by atoms with Crippen molar-refractivity contribution < 1.29 is 9.90 Å². The number of phenolic OH excluding ortho intramolecular Hbond substituents is 1. The summed E-state index contributed by atoms with van der Waals surface area (Å²) in [5, 5.41) is 21.6. The topological polar surface area (TPSA) is 80.0 Å². The molecule has 2 aromatic carbocycles. The van der Waals surface area contributed by atoms with Crippen LogP contribution < -0.4 is 5.32 Å². The Kier molecular flexibility index (Phi) is 6.13. The third-order valence-corrected chi connectivity index (χ3v) is 5.13. The van der Waals surface area contributed by atoms with E-state index in [1.54, 1.807) is 24.3 Å². The smallest absolute Gasteiger partial charge is 0.234 e. The quantitative estimate of drug-likeness (QED) is 0.605. The van der Waals surface area contributed by atoms with E-state index in [2.05, 4.69) is 22.4 Å². The molecule has 27 heavy (non-hydrogen) atoms. The number of phenols is 1. The molecular weight excluding hydrogens is 360 g/mol. The van der Waals surface area contributed by atoms with Gasteiger partial charge in [-0.15, -0.1) is 10.2 Å². The van der Waals surface area contributed by atoms with Crippen molar-refractivity contribution in [2.75, 3.05) is 11.1 Å². The first-order chi connectivity index (χ1) is 13.1. The molecule has 0 aliphatic heterocycles. The predicted octanol–water partition coefficient (Wildman–Crippen LogP) is 3.96. The molecule has 0 atom stereocenters. The maximum atomic E-state index is 12.4. The van der Waals surface area contributed by atoms with Crippen molar-refractivity contribution in [3.05, 3.63) is 54.1 Å². The average Bonchev–Trinajstić information content (AvgIpc) is 3.10. The first-order valence-corrected chi connectivity index (χ1v) is 9.84. The van der Waals surface area contributed by atoms with Crippen molar-refractivity contribution in [2.24, 2.45) is 0 Å². The van der Waals surface area contributed by atoms with Crippen LogP contribution in [0.25, 0.3) is 11.4 Å². The van der Waals surface area contributed by atoms with Crippen LogP contribution in [0.3, 0.4) is 0 Å². The number of hydrogen-bond donors (Lipinski definition) is 2. The fourth-order valence-corrected chi connectivity index (χ4v) is 3.57. The van der Waals surface area contributed by atoms with E-state index < -0.39 is 0 Å². The average molecular weight is 382 g/mol. The zero-order valence-electron chi connectivity index (χ0n) is 15.3. The molecule has 1 aromatic heterocycles. The normalized spacial score (nSPS) is 10.7. The number of anilines is 1. The van der Waals surface area contributed by atoms with Gasteiger partial charge in [0, 0.05) is 17.8 Å². The van der Waals surface area contributed by atoms with Gasteiger partial charge in [-0.05, 0) is 49.2 Å². The molecule has 2 N–H and O–H groups in total. The van der Waals surface area contributed by atoms with Crippen molar-refractivity contribution in [3.8, 4) is 17.1 Å². The minimum Gasteiger partial charge on any atom is -0.508 e. The van der Waals surface area contributed by atoms with E-state index in [1.807, 2.05) is 35.8 Å². The first kappa shape index (κ1) is 19.0. The molecule has 3 aromatic rings. The molecule has 0 spiro atoms. The van der Waals surface area contributed by atoms with E-state index in [0.29, 0.717) is 11.7 Å². The van der Waals surface area contributed by atoms with Gasteiger partial charge in [0.25, 0.3) is 0 Å². The lowest BCUT2D eigenvalue weighted by Crippen LogP contribution is -2.15. The number of aromatic nitrogens is 3. The number of hydrogen-bond acceptors (Lipinski definition) is 5. The second-order valence-corrected chi connectivity index (χ2v) is 6.89. The number of aryl methyl sites for hydroxylation is 1. The number of benzene rings is 2. The summed E-state index contributed by atoms with van der Waals surface area (Å²) in [6, 6.07) is 14.7. The standard InChI is InChI=1S/C20H22N4O2S/c1-3-14-7-5-6-8-17(14)21-18(26)13-27-20-23-22-19(24(20)4-2)15-9-11-16(25)12-10-15/h5-12,25H,3-4,13H2,1-2H3,(H,21,26). The highest BCUT2D eigenvalue weighted by Crippen LogP contribution is 2.25. The number of aromatic hydroxyl groups is 1.